The number of rotatable bonds is 3. The first-order chi connectivity index (χ1) is 8.97. The molecule has 0 unspecified atom stereocenters. The monoisotopic (exact) mass is 268 g/mol. The highest BCUT2D eigenvalue weighted by Gasteiger charge is 2.32. The maximum absolute atomic E-state index is 12.5. The van der Waals surface area contributed by atoms with E-state index < -0.39 is 11.9 Å². The van der Waals surface area contributed by atoms with Gasteiger partial charge in [0.25, 0.3) is 0 Å². The zero-order valence-corrected chi connectivity index (χ0v) is 9.78. The number of nitrogen functional groups attached to an aromatic ring is 1. The van der Waals surface area contributed by atoms with Gasteiger partial charge in [0.2, 0.25) is 0 Å². The van der Waals surface area contributed by atoms with E-state index in [1.165, 1.54) is 0 Å². The average Bonchev–Trinajstić information content (AvgIpc) is 2.37. The summed E-state index contributed by atoms with van der Waals surface area (Å²) in [6, 6.07) is 4.45. The van der Waals surface area contributed by atoms with Gasteiger partial charge in [0.15, 0.2) is 0 Å². The topological polar surface area (TPSA) is 63.8 Å². The number of aromatic nitrogens is 2. The van der Waals surface area contributed by atoms with Crippen LogP contribution in [0, 0.1) is 0 Å². The quantitative estimate of drug-likeness (QED) is 0.898. The van der Waals surface area contributed by atoms with Crippen LogP contribution in [0.3, 0.4) is 0 Å². The highest BCUT2D eigenvalue weighted by atomic mass is 19.4. The molecule has 2 rings (SSSR count). The predicted octanol–water partition coefficient (Wildman–Crippen LogP) is 2.69. The predicted molar refractivity (Wildman–Crippen MR) is 65.2 cm³/mol. The Bertz CT molecular complexity index is 555. The lowest BCUT2D eigenvalue weighted by Gasteiger charge is -2.12. The van der Waals surface area contributed by atoms with E-state index in [0.717, 1.165) is 17.8 Å². The van der Waals surface area contributed by atoms with Crippen LogP contribution in [-0.4, -0.2) is 9.97 Å². The molecule has 0 aliphatic heterocycles. The minimum atomic E-state index is -4.49. The van der Waals surface area contributed by atoms with E-state index in [4.69, 9.17) is 5.73 Å². The van der Waals surface area contributed by atoms with Gasteiger partial charge in [-0.15, -0.1) is 0 Å². The number of nitrogens with two attached hydrogens (primary N) is 1. The van der Waals surface area contributed by atoms with Gasteiger partial charge < -0.3 is 11.1 Å². The summed E-state index contributed by atoms with van der Waals surface area (Å²) in [6.07, 6.45) is -0.256. The van der Waals surface area contributed by atoms with Gasteiger partial charge in [0.1, 0.15) is 5.69 Å². The van der Waals surface area contributed by atoms with Crippen LogP contribution in [0.5, 0.6) is 0 Å². The standard InChI is InChI=1S/C12H11F3N4/c13-12(14,15)11-4-10(9(16)7-19-11)18-6-8-2-1-3-17-5-8/h1-5,7H,6,16H2,(H,18,19). The minimum absolute atomic E-state index is 0.164. The van der Waals surface area contributed by atoms with Crippen molar-refractivity contribution < 1.29 is 13.2 Å². The Morgan fingerprint density at radius 2 is 2.05 bits per heavy atom. The second kappa shape index (κ2) is 5.13. The van der Waals surface area contributed by atoms with Crippen molar-refractivity contribution in [3.05, 3.63) is 48.0 Å². The maximum atomic E-state index is 12.5. The van der Waals surface area contributed by atoms with Crippen molar-refractivity contribution >= 4 is 11.4 Å². The molecule has 0 fully saturated rings. The summed E-state index contributed by atoms with van der Waals surface area (Å²) in [5.74, 6) is 0. The molecule has 0 bridgehead atoms. The fraction of sp³-hybridized carbons (Fsp3) is 0.167. The molecule has 0 aromatic carbocycles. The van der Waals surface area contributed by atoms with Gasteiger partial charge in [-0.3, -0.25) is 4.98 Å². The molecule has 3 N–H and O–H groups in total. The minimum Gasteiger partial charge on any atom is -0.396 e. The molecule has 100 valence electrons. The number of nitrogens with zero attached hydrogens (tertiary/aromatic N) is 2. The van der Waals surface area contributed by atoms with Gasteiger partial charge in [-0.25, -0.2) is 4.98 Å². The zero-order chi connectivity index (χ0) is 13.9. The number of nitrogens with one attached hydrogen (secondary N) is 1. The van der Waals surface area contributed by atoms with E-state index >= 15 is 0 Å². The first-order valence-electron chi connectivity index (χ1n) is 5.42. The van der Waals surface area contributed by atoms with E-state index in [-0.39, 0.29) is 11.4 Å². The summed E-state index contributed by atoms with van der Waals surface area (Å²) >= 11 is 0. The van der Waals surface area contributed by atoms with Crippen molar-refractivity contribution in [2.45, 2.75) is 12.7 Å². The number of halogens is 3. The van der Waals surface area contributed by atoms with E-state index in [0.29, 0.717) is 6.54 Å². The molecule has 2 aromatic heterocycles. The molecule has 2 aromatic rings. The molecule has 19 heavy (non-hydrogen) atoms. The van der Waals surface area contributed by atoms with Crippen LogP contribution in [0.2, 0.25) is 0 Å². The van der Waals surface area contributed by atoms with Crippen molar-refractivity contribution in [1.82, 2.24) is 9.97 Å². The molecule has 0 aliphatic carbocycles. The molecule has 0 saturated carbocycles. The summed E-state index contributed by atoms with van der Waals surface area (Å²) in [7, 11) is 0. The van der Waals surface area contributed by atoms with Crippen LogP contribution in [0.1, 0.15) is 11.3 Å². The van der Waals surface area contributed by atoms with Crippen LogP contribution in [0.25, 0.3) is 0 Å². The Labute approximate surface area is 107 Å². The highest BCUT2D eigenvalue weighted by molar-refractivity contribution is 5.65. The molecule has 4 nitrogen and oxygen atoms in total. The number of hydrogen-bond acceptors (Lipinski definition) is 4. The fourth-order valence-electron chi connectivity index (χ4n) is 1.47. The molecule has 0 aliphatic rings. The Kier molecular flexibility index (Phi) is 3.55. The fourth-order valence-corrected chi connectivity index (χ4v) is 1.47. The summed E-state index contributed by atoms with van der Waals surface area (Å²) in [6.45, 7) is 0.333. The van der Waals surface area contributed by atoms with Crippen molar-refractivity contribution in [2.24, 2.45) is 0 Å². The molecule has 0 saturated heterocycles. The van der Waals surface area contributed by atoms with Gasteiger partial charge in [-0.2, -0.15) is 13.2 Å². The van der Waals surface area contributed by atoms with Crippen molar-refractivity contribution in [1.29, 1.82) is 0 Å². The van der Waals surface area contributed by atoms with Crippen LogP contribution < -0.4 is 11.1 Å². The van der Waals surface area contributed by atoms with E-state index in [2.05, 4.69) is 15.3 Å². The molecular weight excluding hydrogens is 257 g/mol. The Hall–Kier alpha value is -2.31. The zero-order valence-electron chi connectivity index (χ0n) is 9.78. The van der Waals surface area contributed by atoms with E-state index in [1.807, 2.05) is 6.07 Å². The van der Waals surface area contributed by atoms with Gasteiger partial charge in [0, 0.05) is 18.9 Å². The summed E-state index contributed by atoms with van der Waals surface area (Å²) in [5.41, 5.74) is 5.82. The third-order valence-corrected chi connectivity index (χ3v) is 2.43. The van der Waals surface area contributed by atoms with Crippen molar-refractivity contribution in [3.63, 3.8) is 0 Å². The number of anilines is 2. The maximum Gasteiger partial charge on any atom is 0.433 e. The average molecular weight is 268 g/mol. The highest BCUT2D eigenvalue weighted by Crippen LogP contribution is 2.31. The summed E-state index contributed by atoms with van der Waals surface area (Å²) in [4.78, 5) is 7.18. The molecule has 7 heteroatoms. The summed E-state index contributed by atoms with van der Waals surface area (Å²) in [5, 5.41) is 2.84. The molecule has 0 amide bonds. The molecule has 2 heterocycles. The summed E-state index contributed by atoms with van der Waals surface area (Å²) < 4.78 is 37.6. The lowest BCUT2D eigenvalue weighted by atomic mass is 10.2. The largest absolute Gasteiger partial charge is 0.433 e. The van der Waals surface area contributed by atoms with Crippen LogP contribution in [0.15, 0.2) is 36.8 Å². The molecular formula is C12H11F3N4. The smallest absolute Gasteiger partial charge is 0.396 e. The van der Waals surface area contributed by atoms with Gasteiger partial charge in [0.05, 0.1) is 17.6 Å². The van der Waals surface area contributed by atoms with Crippen molar-refractivity contribution in [3.8, 4) is 0 Å². The number of hydrogen-bond donors (Lipinski definition) is 2. The van der Waals surface area contributed by atoms with Crippen LogP contribution >= 0.6 is 0 Å². The van der Waals surface area contributed by atoms with E-state index in [9.17, 15) is 13.2 Å². The lowest BCUT2D eigenvalue weighted by molar-refractivity contribution is -0.141. The van der Waals surface area contributed by atoms with Crippen LogP contribution in [0.4, 0.5) is 24.5 Å². The van der Waals surface area contributed by atoms with Crippen molar-refractivity contribution in [2.75, 3.05) is 11.1 Å². The second-order valence-electron chi connectivity index (χ2n) is 3.87. The second-order valence-corrected chi connectivity index (χ2v) is 3.87. The van der Waals surface area contributed by atoms with Crippen LogP contribution in [-0.2, 0) is 12.7 Å². The van der Waals surface area contributed by atoms with Gasteiger partial charge >= 0.3 is 6.18 Å². The first kappa shape index (κ1) is 13.1. The molecule has 0 spiro atoms. The normalized spacial score (nSPS) is 11.3. The lowest BCUT2D eigenvalue weighted by Crippen LogP contribution is -2.10. The third kappa shape index (κ3) is 3.34. The van der Waals surface area contributed by atoms with Gasteiger partial charge in [-0.1, -0.05) is 6.07 Å². The Morgan fingerprint density at radius 1 is 1.26 bits per heavy atom. The molecule has 0 atom stereocenters. The number of pyridine rings is 2. The third-order valence-electron chi connectivity index (χ3n) is 2.43. The molecule has 0 radical (unpaired) electrons. The SMILES string of the molecule is Nc1cnc(C(F)(F)F)cc1NCc1cccnc1. The Balaban J connectivity index is 2.16. The Morgan fingerprint density at radius 3 is 2.68 bits per heavy atom. The number of alkyl halides is 3. The first-order valence-corrected chi connectivity index (χ1v) is 5.42. The van der Waals surface area contributed by atoms with E-state index in [1.54, 1.807) is 18.5 Å². The van der Waals surface area contributed by atoms with Gasteiger partial charge in [-0.05, 0) is 17.7 Å².